The Bertz CT molecular complexity index is 381. The van der Waals surface area contributed by atoms with Gasteiger partial charge >= 0.3 is 0 Å². The van der Waals surface area contributed by atoms with Gasteiger partial charge in [0.1, 0.15) is 11.6 Å². The Morgan fingerprint density at radius 3 is 3.12 bits per heavy atom. The molecule has 0 aliphatic carbocycles. The van der Waals surface area contributed by atoms with Gasteiger partial charge in [-0.1, -0.05) is 6.92 Å². The summed E-state index contributed by atoms with van der Waals surface area (Å²) in [5, 5.41) is 3.07. The first-order valence-corrected chi connectivity index (χ1v) is 6.32. The molecule has 0 radical (unpaired) electrons. The van der Waals surface area contributed by atoms with Crippen LogP contribution in [0, 0.1) is 5.82 Å². The molecule has 0 bridgehead atoms. The molecule has 94 valence electrons. The predicted molar refractivity (Wildman–Crippen MR) is 67.6 cm³/mol. The van der Waals surface area contributed by atoms with Crippen LogP contribution in [0.3, 0.4) is 0 Å². The van der Waals surface area contributed by atoms with Gasteiger partial charge in [-0.15, -0.1) is 0 Å². The van der Waals surface area contributed by atoms with Crippen molar-refractivity contribution in [2.24, 2.45) is 0 Å². The van der Waals surface area contributed by atoms with Crippen molar-refractivity contribution in [3.63, 3.8) is 0 Å². The fraction of sp³-hybridized carbons (Fsp3) is 0.615. The Morgan fingerprint density at radius 2 is 2.41 bits per heavy atom. The lowest BCUT2D eigenvalue weighted by atomic mass is 10.1. The van der Waals surface area contributed by atoms with Crippen LogP contribution in [0.2, 0.25) is 0 Å². The highest BCUT2D eigenvalue weighted by Gasteiger charge is 2.25. The highest BCUT2D eigenvalue weighted by molar-refractivity contribution is 5.48. The van der Waals surface area contributed by atoms with Crippen LogP contribution in [-0.4, -0.2) is 24.6 Å². The van der Waals surface area contributed by atoms with Crippen LogP contribution in [0.4, 0.5) is 10.2 Å². The van der Waals surface area contributed by atoms with E-state index in [4.69, 9.17) is 0 Å². The van der Waals surface area contributed by atoms with Crippen molar-refractivity contribution < 1.29 is 4.39 Å². The van der Waals surface area contributed by atoms with Gasteiger partial charge < -0.3 is 10.2 Å². The van der Waals surface area contributed by atoms with E-state index in [0.717, 1.165) is 24.3 Å². The number of nitrogens with one attached hydrogen (secondary N) is 1. The summed E-state index contributed by atoms with van der Waals surface area (Å²) in [7, 11) is 1.87. The molecule has 0 aromatic carbocycles. The molecule has 0 spiro atoms. The topological polar surface area (TPSA) is 28.2 Å². The molecule has 0 saturated carbocycles. The van der Waals surface area contributed by atoms with Crippen LogP contribution in [-0.2, 0) is 6.54 Å². The Morgan fingerprint density at radius 1 is 1.59 bits per heavy atom. The van der Waals surface area contributed by atoms with Crippen LogP contribution in [0.15, 0.2) is 12.3 Å². The average molecular weight is 237 g/mol. The van der Waals surface area contributed by atoms with Crippen molar-refractivity contribution >= 4 is 5.82 Å². The molecular formula is C13H20FN3. The van der Waals surface area contributed by atoms with Gasteiger partial charge in [-0.05, 0) is 32.4 Å². The molecule has 0 amide bonds. The first-order chi connectivity index (χ1) is 8.26. The number of halogens is 1. The van der Waals surface area contributed by atoms with Crippen molar-refractivity contribution in [2.45, 2.75) is 38.8 Å². The lowest BCUT2D eigenvalue weighted by Gasteiger charge is -2.26. The van der Waals surface area contributed by atoms with Gasteiger partial charge in [0.2, 0.25) is 0 Å². The lowest BCUT2D eigenvalue weighted by molar-refractivity contribution is 0.607. The molecule has 1 aliphatic heterocycles. The second-order valence-corrected chi connectivity index (χ2v) is 4.56. The minimum atomic E-state index is -0.258. The molecule has 17 heavy (non-hydrogen) atoms. The monoisotopic (exact) mass is 237 g/mol. The van der Waals surface area contributed by atoms with Crippen molar-refractivity contribution in [1.82, 2.24) is 10.3 Å². The van der Waals surface area contributed by atoms with Gasteiger partial charge in [0.25, 0.3) is 0 Å². The molecule has 2 heterocycles. The highest BCUT2D eigenvalue weighted by atomic mass is 19.1. The van der Waals surface area contributed by atoms with E-state index in [1.807, 2.05) is 7.05 Å². The summed E-state index contributed by atoms with van der Waals surface area (Å²) >= 11 is 0. The Balaban J connectivity index is 2.30. The Kier molecular flexibility index (Phi) is 3.94. The second-order valence-electron chi connectivity index (χ2n) is 4.56. The van der Waals surface area contributed by atoms with Crippen LogP contribution in [0.25, 0.3) is 0 Å². The maximum atomic E-state index is 13.2. The Hall–Kier alpha value is -1.16. The molecule has 2 rings (SSSR count). The van der Waals surface area contributed by atoms with Gasteiger partial charge in [0.05, 0.1) is 6.20 Å². The molecule has 4 heteroatoms. The highest BCUT2D eigenvalue weighted by Crippen LogP contribution is 2.28. The van der Waals surface area contributed by atoms with Crippen LogP contribution in [0.1, 0.15) is 31.7 Å². The maximum Gasteiger partial charge on any atom is 0.141 e. The van der Waals surface area contributed by atoms with E-state index in [9.17, 15) is 4.39 Å². The van der Waals surface area contributed by atoms with Gasteiger partial charge in [-0.25, -0.2) is 9.37 Å². The van der Waals surface area contributed by atoms with E-state index in [1.54, 1.807) is 6.07 Å². The summed E-state index contributed by atoms with van der Waals surface area (Å²) < 4.78 is 13.2. The smallest absolute Gasteiger partial charge is 0.141 e. The quantitative estimate of drug-likeness (QED) is 0.871. The summed E-state index contributed by atoms with van der Waals surface area (Å²) in [6.45, 7) is 3.89. The minimum absolute atomic E-state index is 0.258. The summed E-state index contributed by atoms with van der Waals surface area (Å²) in [5.41, 5.74) is 0.952. The van der Waals surface area contributed by atoms with Crippen molar-refractivity contribution in [1.29, 1.82) is 0 Å². The average Bonchev–Trinajstić information content (AvgIpc) is 2.78. The summed E-state index contributed by atoms with van der Waals surface area (Å²) in [6, 6.07) is 2.15. The lowest BCUT2D eigenvalue weighted by Crippen LogP contribution is -2.30. The predicted octanol–water partition coefficient (Wildman–Crippen LogP) is 2.32. The van der Waals surface area contributed by atoms with Crippen molar-refractivity contribution in [2.75, 3.05) is 18.5 Å². The van der Waals surface area contributed by atoms with E-state index in [0.29, 0.717) is 12.6 Å². The van der Waals surface area contributed by atoms with Crippen LogP contribution in [0.5, 0.6) is 0 Å². The molecule has 3 nitrogen and oxygen atoms in total. The molecular weight excluding hydrogens is 217 g/mol. The molecule has 1 N–H and O–H groups in total. The van der Waals surface area contributed by atoms with E-state index in [1.165, 1.54) is 19.0 Å². The number of anilines is 1. The summed E-state index contributed by atoms with van der Waals surface area (Å²) in [5.74, 6) is 0.691. The summed E-state index contributed by atoms with van der Waals surface area (Å²) in [6.07, 6.45) is 4.86. The molecule has 1 aromatic heterocycles. The Labute approximate surface area is 102 Å². The SMILES string of the molecule is CCC1CCCN1c1ncc(F)cc1CNC. The molecule has 1 unspecified atom stereocenters. The third kappa shape index (κ3) is 2.57. The fourth-order valence-corrected chi connectivity index (χ4v) is 2.59. The van der Waals surface area contributed by atoms with E-state index >= 15 is 0 Å². The first kappa shape index (κ1) is 12.3. The van der Waals surface area contributed by atoms with Gasteiger partial charge in [0.15, 0.2) is 0 Å². The standard InChI is InChI=1S/C13H20FN3/c1-3-12-5-4-6-17(12)13-10(8-15-2)7-11(14)9-16-13/h7,9,12,15H,3-6,8H2,1-2H3. The third-order valence-electron chi connectivity index (χ3n) is 3.40. The third-order valence-corrected chi connectivity index (χ3v) is 3.40. The summed E-state index contributed by atoms with van der Waals surface area (Å²) in [4.78, 5) is 6.61. The van der Waals surface area contributed by atoms with Gasteiger partial charge in [-0.3, -0.25) is 0 Å². The van der Waals surface area contributed by atoms with E-state index < -0.39 is 0 Å². The molecule has 1 saturated heterocycles. The fourth-order valence-electron chi connectivity index (χ4n) is 2.59. The normalized spacial score (nSPS) is 19.9. The van der Waals surface area contributed by atoms with Crippen molar-refractivity contribution in [3.8, 4) is 0 Å². The molecule has 1 fully saturated rings. The number of rotatable bonds is 4. The van der Waals surface area contributed by atoms with Gasteiger partial charge in [-0.2, -0.15) is 0 Å². The number of pyridine rings is 1. The molecule has 1 atom stereocenters. The first-order valence-electron chi connectivity index (χ1n) is 6.32. The number of nitrogens with zero attached hydrogens (tertiary/aromatic N) is 2. The van der Waals surface area contributed by atoms with Gasteiger partial charge in [0, 0.05) is 24.7 Å². The largest absolute Gasteiger partial charge is 0.353 e. The van der Waals surface area contributed by atoms with Crippen LogP contribution >= 0.6 is 0 Å². The van der Waals surface area contributed by atoms with E-state index in [-0.39, 0.29) is 5.82 Å². The van der Waals surface area contributed by atoms with Crippen LogP contribution < -0.4 is 10.2 Å². The number of aromatic nitrogens is 1. The number of hydrogen-bond acceptors (Lipinski definition) is 3. The second kappa shape index (κ2) is 5.45. The maximum absolute atomic E-state index is 13.2. The minimum Gasteiger partial charge on any atom is -0.353 e. The number of hydrogen-bond donors (Lipinski definition) is 1. The zero-order chi connectivity index (χ0) is 12.3. The zero-order valence-electron chi connectivity index (χ0n) is 10.5. The molecule has 1 aromatic rings. The van der Waals surface area contributed by atoms with Crippen molar-refractivity contribution in [3.05, 3.63) is 23.6 Å². The molecule has 1 aliphatic rings. The van der Waals surface area contributed by atoms with E-state index in [2.05, 4.69) is 22.1 Å². The zero-order valence-corrected chi connectivity index (χ0v) is 10.5.